The molecule has 1 aromatic carbocycles. The molecule has 0 N–H and O–H groups in total. The molecule has 0 saturated heterocycles. The molecule has 0 amide bonds. The van der Waals surface area contributed by atoms with Gasteiger partial charge in [0.2, 0.25) is 0 Å². The van der Waals surface area contributed by atoms with Crippen LogP contribution in [0.5, 0.6) is 11.5 Å². The van der Waals surface area contributed by atoms with Crippen molar-refractivity contribution in [3.8, 4) is 11.5 Å². The van der Waals surface area contributed by atoms with E-state index in [4.69, 9.17) is 0 Å². The summed E-state index contributed by atoms with van der Waals surface area (Å²) in [6, 6.07) is 4.73. The lowest BCUT2D eigenvalue weighted by molar-refractivity contribution is -0.141. The third kappa shape index (κ3) is 6.10. The fourth-order valence-corrected chi connectivity index (χ4v) is 2.21. The van der Waals surface area contributed by atoms with E-state index in [1.807, 2.05) is 0 Å². The highest BCUT2D eigenvalue weighted by Gasteiger charge is 2.32. The van der Waals surface area contributed by atoms with Crippen LogP contribution in [0.4, 0.5) is 30.7 Å². The van der Waals surface area contributed by atoms with Crippen molar-refractivity contribution in [3.05, 3.63) is 53.3 Å². The zero-order valence-corrected chi connectivity index (χ0v) is 13.9. The van der Waals surface area contributed by atoms with Crippen LogP contribution in [-0.2, 0) is 12.6 Å². The van der Waals surface area contributed by atoms with E-state index in [1.165, 1.54) is 0 Å². The Labute approximate surface area is 153 Å². The van der Waals surface area contributed by atoms with Crippen LogP contribution in [0.3, 0.4) is 0 Å². The van der Waals surface area contributed by atoms with Crippen LogP contribution in [0.15, 0.2) is 36.5 Å². The molecular formula is C17H12F7NO3. The molecule has 0 aliphatic heterocycles. The van der Waals surface area contributed by atoms with Gasteiger partial charge >= 0.3 is 19.4 Å². The Morgan fingerprint density at radius 3 is 2.14 bits per heavy atom. The summed E-state index contributed by atoms with van der Waals surface area (Å²) in [5.74, 6) is -1.97. The lowest BCUT2D eigenvalue weighted by atomic mass is 10.0. The van der Waals surface area contributed by atoms with Gasteiger partial charge in [-0.15, -0.1) is 0 Å². The molecule has 28 heavy (non-hydrogen) atoms. The summed E-state index contributed by atoms with van der Waals surface area (Å²) >= 11 is 0. The number of ketones is 1. The molecule has 0 atom stereocenters. The second kappa shape index (κ2) is 8.89. The van der Waals surface area contributed by atoms with Crippen molar-refractivity contribution in [3.63, 3.8) is 0 Å². The largest absolute Gasteiger partial charge is 0.433 e. The van der Waals surface area contributed by atoms with Gasteiger partial charge in [-0.3, -0.25) is 9.78 Å². The van der Waals surface area contributed by atoms with Gasteiger partial charge in [-0.25, -0.2) is 0 Å². The molecule has 0 saturated carbocycles. The Balaban J connectivity index is 2.09. The molecule has 1 aromatic heterocycles. The zero-order valence-electron chi connectivity index (χ0n) is 13.9. The van der Waals surface area contributed by atoms with Crippen LogP contribution in [-0.4, -0.2) is 24.0 Å². The molecule has 4 nitrogen and oxygen atoms in total. The fraction of sp³-hybridized carbons (Fsp3) is 0.294. The van der Waals surface area contributed by atoms with Crippen LogP contribution in [0.2, 0.25) is 0 Å². The minimum Gasteiger partial charge on any atom is -0.431 e. The molecule has 152 valence electrons. The molecule has 0 bridgehead atoms. The second-order valence-electron chi connectivity index (χ2n) is 5.39. The maximum absolute atomic E-state index is 12.5. The molecule has 11 heteroatoms. The molecule has 2 aromatic rings. The number of benzene rings is 1. The number of alkyl halides is 7. The van der Waals surface area contributed by atoms with Gasteiger partial charge in [-0.2, -0.15) is 30.7 Å². The number of ether oxygens (including phenoxy) is 2. The van der Waals surface area contributed by atoms with E-state index < -0.39 is 42.4 Å². The average molecular weight is 411 g/mol. The molecule has 0 aliphatic carbocycles. The molecular weight excluding hydrogens is 399 g/mol. The van der Waals surface area contributed by atoms with Crippen LogP contribution < -0.4 is 9.47 Å². The number of pyridine rings is 1. The van der Waals surface area contributed by atoms with Gasteiger partial charge in [-0.1, -0.05) is 6.07 Å². The quantitative estimate of drug-likeness (QED) is 0.447. The Morgan fingerprint density at radius 1 is 0.964 bits per heavy atom. The first-order chi connectivity index (χ1) is 13.1. The summed E-state index contributed by atoms with van der Waals surface area (Å²) in [5.41, 5.74) is -0.842. The van der Waals surface area contributed by atoms with Gasteiger partial charge in [0.15, 0.2) is 17.3 Å². The summed E-state index contributed by atoms with van der Waals surface area (Å²) in [6.07, 6.45) is -3.76. The minimum atomic E-state index is -4.59. The van der Waals surface area contributed by atoms with Gasteiger partial charge in [-0.05, 0) is 36.2 Å². The molecule has 1 heterocycles. The summed E-state index contributed by atoms with van der Waals surface area (Å²) in [5, 5.41) is 0. The summed E-state index contributed by atoms with van der Waals surface area (Å²) in [4.78, 5) is 15.4. The zero-order chi connectivity index (χ0) is 20.9. The van der Waals surface area contributed by atoms with E-state index >= 15 is 0 Å². The van der Waals surface area contributed by atoms with Crippen molar-refractivity contribution >= 4 is 5.78 Å². The Morgan fingerprint density at radius 2 is 1.61 bits per heavy atom. The van der Waals surface area contributed by atoms with Crippen molar-refractivity contribution in [1.82, 2.24) is 4.98 Å². The Bertz CT molecular complexity index is 807. The van der Waals surface area contributed by atoms with Gasteiger partial charge in [0, 0.05) is 18.2 Å². The second-order valence-corrected chi connectivity index (χ2v) is 5.39. The summed E-state index contributed by atoms with van der Waals surface area (Å²) in [6.45, 7) is -6.61. The lowest BCUT2D eigenvalue weighted by Crippen LogP contribution is -2.10. The highest BCUT2D eigenvalue weighted by atomic mass is 19.4. The van der Waals surface area contributed by atoms with Crippen molar-refractivity contribution < 1.29 is 45.0 Å². The summed E-state index contributed by atoms with van der Waals surface area (Å²) in [7, 11) is 0. The number of carbonyl (C=O) groups is 1. The van der Waals surface area contributed by atoms with Gasteiger partial charge in [0.1, 0.15) is 5.69 Å². The van der Waals surface area contributed by atoms with Crippen LogP contribution in [0.25, 0.3) is 0 Å². The first-order valence-corrected chi connectivity index (χ1v) is 7.65. The number of hydrogen-bond acceptors (Lipinski definition) is 4. The van der Waals surface area contributed by atoms with Crippen molar-refractivity contribution in [2.75, 3.05) is 0 Å². The predicted molar refractivity (Wildman–Crippen MR) is 81.6 cm³/mol. The number of aromatic nitrogens is 1. The molecule has 0 aliphatic rings. The molecule has 0 spiro atoms. The van der Waals surface area contributed by atoms with E-state index in [-0.39, 0.29) is 18.4 Å². The Kier molecular flexibility index (Phi) is 6.81. The van der Waals surface area contributed by atoms with E-state index in [0.29, 0.717) is 5.56 Å². The number of aryl methyl sites for hydroxylation is 1. The average Bonchev–Trinajstić information content (AvgIpc) is 2.60. The number of hydrogen-bond donors (Lipinski definition) is 0. The molecule has 0 unspecified atom stereocenters. The van der Waals surface area contributed by atoms with Crippen molar-refractivity contribution in [1.29, 1.82) is 0 Å². The van der Waals surface area contributed by atoms with E-state index in [0.717, 1.165) is 36.5 Å². The third-order valence-electron chi connectivity index (χ3n) is 3.45. The number of carbonyl (C=O) groups excluding carboxylic acids is 1. The SMILES string of the molecule is O=C(CCc1ccc(C(F)(F)F)nc1)c1ccc(OC(F)F)c(OC(F)F)c1. The highest BCUT2D eigenvalue weighted by Crippen LogP contribution is 2.32. The van der Waals surface area contributed by atoms with Crippen molar-refractivity contribution in [2.45, 2.75) is 32.2 Å². The standard InChI is InChI=1S/C17H12F7NO3/c18-15(19)27-12-5-3-10(7-13(12)28-16(20)21)11(26)4-1-9-2-6-14(25-8-9)17(22,23)24/h2-3,5-8,15-16H,1,4H2. The normalized spacial score (nSPS) is 11.8. The highest BCUT2D eigenvalue weighted by molar-refractivity contribution is 5.96. The maximum Gasteiger partial charge on any atom is 0.433 e. The lowest BCUT2D eigenvalue weighted by Gasteiger charge is -2.13. The molecule has 0 radical (unpaired) electrons. The van der Waals surface area contributed by atoms with Gasteiger partial charge in [0.25, 0.3) is 0 Å². The summed E-state index contributed by atoms with van der Waals surface area (Å²) < 4.78 is 94.9. The van der Waals surface area contributed by atoms with Gasteiger partial charge in [0.05, 0.1) is 0 Å². The molecule has 2 rings (SSSR count). The Hall–Kier alpha value is -2.85. The van der Waals surface area contributed by atoms with Crippen LogP contribution >= 0.6 is 0 Å². The molecule has 0 fully saturated rings. The smallest absolute Gasteiger partial charge is 0.431 e. The van der Waals surface area contributed by atoms with E-state index in [1.54, 1.807) is 0 Å². The van der Waals surface area contributed by atoms with E-state index in [9.17, 15) is 35.5 Å². The predicted octanol–water partition coefficient (Wildman–Crippen LogP) is 5.12. The van der Waals surface area contributed by atoms with Crippen LogP contribution in [0.1, 0.15) is 28.0 Å². The maximum atomic E-state index is 12.5. The fourth-order valence-electron chi connectivity index (χ4n) is 2.21. The monoisotopic (exact) mass is 411 g/mol. The minimum absolute atomic E-state index is 0.0320. The first-order valence-electron chi connectivity index (χ1n) is 7.65. The number of halogens is 7. The first kappa shape index (κ1) is 21.5. The van der Waals surface area contributed by atoms with E-state index in [2.05, 4.69) is 14.5 Å². The third-order valence-corrected chi connectivity index (χ3v) is 3.45. The number of Topliss-reactive ketones (excluding diaryl/α,β-unsaturated/α-hetero) is 1. The number of nitrogens with zero attached hydrogens (tertiary/aromatic N) is 1. The van der Waals surface area contributed by atoms with Crippen molar-refractivity contribution in [2.24, 2.45) is 0 Å². The topological polar surface area (TPSA) is 48.4 Å². The number of rotatable bonds is 8. The van der Waals surface area contributed by atoms with Gasteiger partial charge < -0.3 is 9.47 Å². The van der Waals surface area contributed by atoms with Crippen LogP contribution in [0, 0.1) is 0 Å².